The van der Waals surface area contributed by atoms with E-state index in [1.807, 2.05) is 60.9 Å². The molecule has 0 amide bonds. The van der Waals surface area contributed by atoms with Crippen LogP contribution in [0.2, 0.25) is 0 Å². The van der Waals surface area contributed by atoms with Gasteiger partial charge in [0.2, 0.25) is 0 Å². The summed E-state index contributed by atoms with van der Waals surface area (Å²) in [6.45, 7) is 4.11. The predicted molar refractivity (Wildman–Crippen MR) is 108 cm³/mol. The fourth-order valence-corrected chi connectivity index (χ4v) is 2.61. The van der Waals surface area contributed by atoms with Crippen LogP contribution in [-0.4, -0.2) is 19.9 Å². The third-order valence-corrected chi connectivity index (χ3v) is 4.30. The standard InChI is InChI=1S/C12H12N2.C8H6N2S2.Pt/c1-9-3-5-13-11(7-9)12-8-10(2)4-6-14-12;11-7-8(12)10-6-4-2-1-3-5(6)9-7;/h3-8H,1-2H3;1-4H,(H,9,11)(H,10,12);/q;;+2/p-2. The SMILES string of the molecule is Cc1ccnc(-c2cc(C)ccn2)c1.[Pt+2].[S-]c1nc2ccccc2nc1[S-]. The van der Waals surface area contributed by atoms with Crippen molar-refractivity contribution in [2.45, 2.75) is 23.9 Å². The molecule has 27 heavy (non-hydrogen) atoms. The zero-order valence-corrected chi connectivity index (χ0v) is 18.6. The molecule has 138 valence electrons. The normalized spacial score (nSPS) is 9.85. The fraction of sp³-hybridized carbons (Fsp3) is 0.100. The minimum absolute atomic E-state index is 0. The van der Waals surface area contributed by atoms with E-state index in [1.54, 1.807) is 0 Å². The van der Waals surface area contributed by atoms with Gasteiger partial charge in [0.1, 0.15) is 0 Å². The summed E-state index contributed by atoms with van der Waals surface area (Å²) in [5.74, 6) is 0. The first kappa shape index (κ1) is 21.3. The molecule has 3 aromatic heterocycles. The molecule has 0 spiro atoms. The van der Waals surface area contributed by atoms with Gasteiger partial charge in [-0.05, 0) is 61.4 Å². The van der Waals surface area contributed by atoms with Crippen LogP contribution >= 0.6 is 0 Å². The zero-order valence-electron chi connectivity index (χ0n) is 14.7. The van der Waals surface area contributed by atoms with Gasteiger partial charge in [0.15, 0.2) is 0 Å². The van der Waals surface area contributed by atoms with Gasteiger partial charge < -0.3 is 25.3 Å². The number of hydrogen-bond acceptors (Lipinski definition) is 6. The molecule has 0 saturated carbocycles. The molecular weight excluding hydrogens is 555 g/mol. The Kier molecular flexibility index (Phi) is 7.72. The number of aromatic nitrogens is 4. The quantitative estimate of drug-likeness (QED) is 0.320. The number of benzene rings is 1. The van der Waals surface area contributed by atoms with Gasteiger partial charge >= 0.3 is 21.1 Å². The Bertz CT molecular complexity index is 973. The molecule has 0 aliphatic rings. The molecule has 7 heteroatoms. The minimum atomic E-state index is 0. The van der Waals surface area contributed by atoms with E-state index in [-0.39, 0.29) is 21.1 Å². The van der Waals surface area contributed by atoms with E-state index in [4.69, 9.17) is 25.3 Å². The van der Waals surface area contributed by atoms with E-state index in [9.17, 15) is 0 Å². The van der Waals surface area contributed by atoms with Gasteiger partial charge in [0.25, 0.3) is 0 Å². The zero-order chi connectivity index (χ0) is 18.5. The molecule has 4 nitrogen and oxygen atoms in total. The average molecular weight is 572 g/mol. The molecule has 3 heterocycles. The van der Waals surface area contributed by atoms with Crippen LogP contribution in [-0.2, 0) is 46.3 Å². The maximum atomic E-state index is 4.90. The number of hydrogen-bond donors (Lipinski definition) is 0. The Labute approximate surface area is 184 Å². The summed E-state index contributed by atoms with van der Waals surface area (Å²) in [5.41, 5.74) is 5.89. The summed E-state index contributed by atoms with van der Waals surface area (Å²) in [6, 6.07) is 15.6. The summed E-state index contributed by atoms with van der Waals surface area (Å²) in [5, 5.41) is 0.812. The topological polar surface area (TPSA) is 51.6 Å². The van der Waals surface area contributed by atoms with Crippen molar-refractivity contribution in [1.82, 2.24) is 19.9 Å². The van der Waals surface area contributed by atoms with Crippen molar-refractivity contribution in [2.75, 3.05) is 0 Å². The van der Waals surface area contributed by atoms with Crippen LogP contribution < -0.4 is 0 Å². The average Bonchev–Trinajstić information content (AvgIpc) is 2.63. The Hall–Kier alpha value is -2.01. The monoisotopic (exact) mass is 571 g/mol. The van der Waals surface area contributed by atoms with Crippen molar-refractivity contribution < 1.29 is 21.1 Å². The Balaban J connectivity index is 0.000000189. The third kappa shape index (κ3) is 5.73. The molecule has 0 aliphatic heterocycles. The summed E-state index contributed by atoms with van der Waals surface area (Å²) in [6.07, 6.45) is 3.63. The summed E-state index contributed by atoms with van der Waals surface area (Å²) in [7, 11) is 0. The largest absolute Gasteiger partial charge is 2.00 e. The molecule has 0 unspecified atom stereocenters. The summed E-state index contributed by atoms with van der Waals surface area (Å²) >= 11 is 9.81. The van der Waals surface area contributed by atoms with Crippen molar-refractivity contribution in [1.29, 1.82) is 0 Å². The van der Waals surface area contributed by atoms with Crippen LogP contribution in [0.1, 0.15) is 11.1 Å². The van der Waals surface area contributed by atoms with Crippen LogP contribution in [0, 0.1) is 13.8 Å². The molecule has 4 rings (SSSR count). The molecule has 0 aliphatic carbocycles. The second-order valence-electron chi connectivity index (χ2n) is 5.76. The van der Waals surface area contributed by atoms with E-state index >= 15 is 0 Å². The van der Waals surface area contributed by atoms with Crippen LogP contribution in [0.4, 0.5) is 0 Å². The molecule has 0 atom stereocenters. The Morgan fingerprint density at radius 2 is 1.07 bits per heavy atom. The maximum Gasteiger partial charge on any atom is 2.00 e. The molecular formula is C20H16N4PtS2. The van der Waals surface area contributed by atoms with Crippen molar-refractivity contribution >= 4 is 36.3 Å². The van der Waals surface area contributed by atoms with Crippen molar-refractivity contribution in [3.63, 3.8) is 0 Å². The molecule has 0 fully saturated rings. The molecule has 0 bridgehead atoms. The Morgan fingerprint density at radius 1 is 0.667 bits per heavy atom. The van der Waals surface area contributed by atoms with Gasteiger partial charge in [-0.2, -0.15) is 0 Å². The fourth-order valence-electron chi connectivity index (χ4n) is 2.32. The number of para-hydroxylation sites is 2. The number of rotatable bonds is 1. The molecule has 1 aromatic carbocycles. The smallest absolute Gasteiger partial charge is 0.760 e. The Morgan fingerprint density at radius 3 is 1.44 bits per heavy atom. The van der Waals surface area contributed by atoms with Gasteiger partial charge in [-0.25, -0.2) is 0 Å². The predicted octanol–water partition coefficient (Wildman–Crippen LogP) is 4.20. The van der Waals surface area contributed by atoms with Gasteiger partial charge in [-0.1, -0.05) is 22.2 Å². The number of aryl methyl sites for hydroxylation is 2. The van der Waals surface area contributed by atoms with Crippen molar-refractivity contribution in [2.24, 2.45) is 0 Å². The first-order valence-electron chi connectivity index (χ1n) is 7.99. The first-order valence-corrected chi connectivity index (χ1v) is 8.81. The minimum Gasteiger partial charge on any atom is -0.760 e. The number of fused-ring (bicyclic) bond motifs is 1. The number of nitrogens with zero attached hydrogens (tertiary/aromatic N) is 4. The van der Waals surface area contributed by atoms with Gasteiger partial charge in [-0.3, -0.25) is 19.9 Å². The van der Waals surface area contributed by atoms with Crippen LogP contribution in [0.15, 0.2) is 71.0 Å². The van der Waals surface area contributed by atoms with Crippen LogP contribution in [0.25, 0.3) is 22.4 Å². The summed E-state index contributed by atoms with van der Waals surface area (Å²) < 4.78 is 0. The van der Waals surface area contributed by atoms with E-state index < -0.39 is 0 Å². The van der Waals surface area contributed by atoms with Crippen molar-refractivity contribution in [3.8, 4) is 11.4 Å². The number of pyridine rings is 2. The van der Waals surface area contributed by atoms with Crippen LogP contribution in [0.5, 0.6) is 0 Å². The second-order valence-corrected chi connectivity index (χ2v) is 6.53. The second kappa shape index (κ2) is 9.79. The third-order valence-electron chi connectivity index (χ3n) is 3.60. The molecule has 0 radical (unpaired) electrons. The van der Waals surface area contributed by atoms with Crippen molar-refractivity contribution in [3.05, 3.63) is 72.1 Å². The van der Waals surface area contributed by atoms with E-state index in [0.29, 0.717) is 10.1 Å². The maximum absolute atomic E-state index is 4.90. The van der Waals surface area contributed by atoms with Gasteiger partial charge in [0, 0.05) is 12.4 Å². The molecule has 4 aromatic rings. The molecule has 0 N–H and O–H groups in total. The van der Waals surface area contributed by atoms with E-state index in [0.717, 1.165) is 22.4 Å². The van der Waals surface area contributed by atoms with Gasteiger partial charge in [0.05, 0.1) is 22.4 Å². The van der Waals surface area contributed by atoms with Crippen LogP contribution in [0.3, 0.4) is 0 Å². The first-order chi connectivity index (χ1) is 12.5. The van der Waals surface area contributed by atoms with Gasteiger partial charge in [-0.15, -0.1) is 0 Å². The summed E-state index contributed by atoms with van der Waals surface area (Å²) in [4.78, 5) is 16.8. The molecule has 0 saturated heterocycles. The van der Waals surface area contributed by atoms with E-state index in [2.05, 4.69) is 33.8 Å². The van der Waals surface area contributed by atoms with E-state index in [1.165, 1.54) is 11.1 Å².